The van der Waals surface area contributed by atoms with Crippen LogP contribution in [0.1, 0.15) is 0 Å². The van der Waals surface area contributed by atoms with Crippen LogP contribution in [0.5, 0.6) is 0 Å². The van der Waals surface area contributed by atoms with Gasteiger partial charge in [0.1, 0.15) is 12.5 Å². The van der Waals surface area contributed by atoms with E-state index in [1.54, 1.807) is 12.1 Å². The maximum absolute atomic E-state index is 11.4. The second-order valence-corrected chi connectivity index (χ2v) is 2.93. The fourth-order valence-electron chi connectivity index (χ4n) is 1.51. The molecule has 3 aromatic rings. The molecule has 0 amide bonds. The van der Waals surface area contributed by atoms with E-state index < -0.39 is 0 Å². The Kier molecular flexibility index (Phi) is 1.28. The monoisotopic (exact) mass is 187 g/mol. The highest BCUT2D eigenvalue weighted by Gasteiger charge is 2.08. The zero-order valence-electron chi connectivity index (χ0n) is 7.06. The summed E-state index contributed by atoms with van der Waals surface area (Å²) in [7, 11) is 0. The van der Waals surface area contributed by atoms with Crippen molar-refractivity contribution >= 4 is 21.9 Å². The Balaban J connectivity index is 2.72. The van der Waals surface area contributed by atoms with Crippen LogP contribution in [0.4, 0.5) is 0 Å². The minimum Gasteiger partial charge on any atom is -0.458 e. The van der Waals surface area contributed by atoms with Gasteiger partial charge < -0.3 is 8.83 Å². The summed E-state index contributed by atoms with van der Waals surface area (Å²) in [6.07, 6.45) is 4.35. The largest absolute Gasteiger partial charge is 0.458 e. The summed E-state index contributed by atoms with van der Waals surface area (Å²) < 4.78 is 10.4. The minimum atomic E-state index is -0.282. The molecule has 0 unspecified atom stereocenters. The lowest BCUT2D eigenvalue weighted by atomic mass is 10.2. The molecule has 4 nitrogen and oxygen atoms in total. The quantitative estimate of drug-likeness (QED) is 0.539. The van der Waals surface area contributed by atoms with Gasteiger partial charge in [0.05, 0.1) is 5.39 Å². The first-order valence-corrected chi connectivity index (χ1v) is 4.10. The van der Waals surface area contributed by atoms with Gasteiger partial charge in [-0.2, -0.15) is 0 Å². The molecular formula is C10H5NO3. The lowest BCUT2D eigenvalue weighted by molar-refractivity contribution is 0.511. The summed E-state index contributed by atoms with van der Waals surface area (Å²) >= 11 is 0. The Morgan fingerprint density at radius 2 is 2.00 bits per heavy atom. The van der Waals surface area contributed by atoms with E-state index in [1.165, 1.54) is 18.7 Å². The van der Waals surface area contributed by atoms with Crippen LogP contribution < -0.4 is 5.56 Å². The predicted molar refractivity (Wildman–Crippen MR) is 50.1 cm³/mol. The smallest absolute Gasteiger partial charge is 0.281 e. The fourth-order valence-corrected chi connectivity index (χ4v) is 1.51. The zero-order valence-corrected chi connectivity index (χ0v) is 7.06. The molecule has 2 aromatic heterocycles. The summed E-state index contributed by atoms with van der Waals surface area (Å²) in [4.78, 5) is 15.1. The summed E-state index contributed by atoms with van der Waals surface area (Å²) in [5.74, 6) is 0. The van der Waals surface area contributed by atoms with Gasteiger partial charge in [-0.25, -0.2) is 4.98 Å². The van der Waals surface area contributed by atoms with Crippen molar-refractivity contribution in [3.05, 3.63) is 41.2 Å². The van der Waals surface area contributed by atoms with Crippen molar-refractivity contribution in [3.8, 4) is 0 Å². The van der Waals surface area contributed by atoms with Gasteiger partial charge in [-0.15, -0.1) is 0 Å². The Morgan fingerprint density at radius 3 is 2.93 bits per heavy atom. The second kappa shape index (κ2) is 2.45. The molecule has 14 heavy (non-hydrogen) atoms. The van der Waals surface area contributed by atoms with E-state index in [0.29, 0.717) is 16.6 Å². The third-order valence-corrected chi connectivity index (χ3v) is 2.13. The first-order chi connectivity index (χ1) is 6.86. The van der Waals surface area contributed by atoms with Crippen LogP contribution in [0.15, 0.2) is 44.5 Å². The Bertz CT molecular complexity index is 665. The Hall–Kier alpha value is -2.10. The molecule has 68 valence electrons. The zero-order chi connectivity index (χ0) is 9.54. The number of aromatic nitrogens is 1. The van der Waals surface area contributed by atoms with E-state index in [-0.39, 0.29) is 5.56 Å². The minimum absolute atomic E-state index is 0.282. The van der Waals surface area contributed by atoms with Gasteiger partial charge in [0.15, 0.2) is 11.2 Å². The van der Waals surface area contributed by atoms with Gasteiger partial charge in [-0.05, 0) is 12.1 Å². The van der Waals surface area contributed by atoms with E-state index in [1.807, 2.05) is 0 Å². The molecule has 0 spiro atoms. The average molecular weight is 187 g/mol. The van der Waals surface area contributed by atoms with E-state index in [9.17, 15) is 4.79 Å². The standard InChI is InChI=1S/C10H5NO3/c12-10-8-6(5-11-10)1-2-7-9(8)14-4-3-13-7/h1-5H. The molecule has 0 atom stereocenters. The Labute approximate surface area is 77.8 Å². The van der Waals surface area contributed by atoms with Crippen LogP contribution >= 0.6 is 0 Å². The van der Waals surface area contributed by atoms with Crippen LogP contribution in [-0.4, -0.2) is 4.98 Å². The highest BCUT2D eigenvalue weighted by molar-refractivity contribution is 6.01. The third-order valence-electron chi connectivity index (χ3n) is 2.13. The summed E-state index contributed by atoms with van der Waals surface area (Å²) in [6.45, 7) is 0. The molecule has 4 heteroatoms. The molecule has 0 bridgehead atoms. The van der Waals surface area contributed by atoms with Gasteiger partial charge in [-0.3, -0.25) is 4.79 Å². The molecule has 3 rings (SSSR count). The molecule has 0 saturated heterocycles. The average Bonchev–Trinajstić information content (AvgIpc) is 2.61. The van der Waals surface area contributed by atoms with Crippen molar-refractivity contribution in [1.29, 1.82) is 0 Å². The molecule has 0 fully saturated rings. The maximum Gasteiger partial charge on any atom is 0.281 e. The molecule has 0 radical (unpaired) electrons. The number of fused-ring (bicyclic) bond motifs is 3. The summed E-state index contributed by atoms with van der Waals surface area (Å²) in [5, 5.41) is 1.25. The van der Waals surface area contributed by atoms with Crippen LogP contribution in [-0.2, 0) is 0 Å². The van der Waals surface area contributed by atoms with Crippen LogP contribution in [0.3, 0.4) is 0 Å². The molecule has 0 aliphatic rings. The van der Waals surface area contributed by atoms with Gasteiger partial charge in [-0.1, -0.05) is 0 Å². The van der Waals surface area contributed by atoms with Crippen molar-refractivity contribution in [1.82, 2.24) is 4.98 Å². The first-order valence-electron chi connectivity index (χ1n) is 4.10. The molecule has 0 N–H and O–H groups in total. The molecule has 0 aliphatic carbocycles. The SMILES string of the molecule is O=c1ncc2ccc3occoc3c12. The van der Waals surface area contributed by atoms with Crippen molar-refractivity contribution in [3.63, 3.8) is 0 Å². The van der Waals surface area contributed by atoms with Crippen molar-refractivity contribution in [2.45, 2.75) is 0 Å². The second-order valence-electron chi connectivity index (χ2n) is 2.93. The number of rotatable bonds is 0. The van der Waals surface area contributed by atoms with E-state index >= 15 is 0 Å². The number of hydrogen-bond donors (Lipinski definition) is 0. The van der Waals surface area contributed by atoms with Gasteiger partial charge >= 0.3 is 0 Å². The van der Waals surface area contributed by atoms with Crippen LogP contribution in [0.25, 0.3) is 21.9 Å². The van der Waals surface area contributed by atoms with Crippen LogP contribution in [0, 0.1) is 0 Å². The Morgan fingerprint density at radius 1 is 1.14 bits per heavy atom. The van der Waals surface area contributed by atoms with E-state index in [0.717, 1.165) is 5.39 Å². The normalized spacial score (nSPS) is 11.1. The van der Waals surface area contributed by atoms with Crippen molar-refractivity contribution in [2.24, 2.45) is 0 Å². The lowest BCUT2D eigenvalue weighted by Gasteiger charge is -1.95. The molecular weight excluding hydrogens is 182 g/mol. The van der Waals surface area contributed by atoms with Gasteiger partial charge in [0.2, 0.25) is 0 Å². The number of benzene rings is 1. The highest BCUT2D eigenvalue weighted by atomic mass is 16.4. The third kappa shape index (κ3) is 0.821. The van der Waals surface area contributed by atoms with Crippen LogP contribution in [0.2, 0.25) is 0 Å². The first kappa shape index (κ1) is 7.32. The molecule has 0 saturated carbocycles. The molecule has 0 aliphatic heterocycles. The highest BCUT2D eigenvalue weighted by Crippen LogP contribution is 2.21. The van der Waals surface area contributed by atoms with Gasteiger partial charge in [0, 0.05) is 11.6 Å². The summed E-state index contributed by atoms with van der Waals surface area (Å²) in [5.41, 5.74) is 0.716. The molecule has 2 heterocycles. The number of nitrogens with zero attached hydrogens (tertiary/aromatic N) is 1. The van der Waals surface area contributed by atoms with E-state index in [2.05, 4.69) is 4.98 Å². The van der Waals surface area contributed by atoms with E-state index in [4.69, 9.17) is 8.83 Å². The number of hydrogen-bond acceptors (Lipinski definition) is 4. The maximum atomic E-state index is 11.4. The lowest BCUT2D eigenvalue weighted by Crippen LogP contribution is -1.96. The fraction of sp³-hybridized carbons (Fsp3) is 0. The van der Waals surface area contributed by atoms with Crippen molar-refractivity contribution in [2.75, 3.05) is 0 Å². The molecule has 1 aromatic carbocycles. The van der Waals surface area contributed by atoms with Crippen molar-refractivity contribution < 1.29 is 8.83 Å². The predicted octanol–water partition coefficient (Wildman–Crippen LogP) is 1.93. The summed E-state index contributed by atoms with van der Waals surface area (Å²) in [6, 6.07) is 3.54. The van der Waals surface area contributed by atoms with Gasteiger partial charge in [0.25, 0.3) is 5.56 Å². The topological polar surface area (TPSA) is 56.2 Å².